The molecule has 0 aliphatic carbocycles. The molecule has 0 aliphatic rings. The van der Waals surface area contributed by atoms with Crippen LogP contribution in [0.2, 0.25) is 0 Å². The summed E-state index contributed by atoms with van der Waals surface area (Å²) in [5.74, 6) is -3.70. The zero-order valence-electron chi connectivity index (χ0n) is 11.3. The summed E-state index contributed by atoms with van der Waals surface area (Å²) >= 11 is 1.51. The standard InChI is InChI=1S/C15H16F3NS/c1-3-8-19-15(12-7-4-9(2)20-12)10-5-6-11(16)14(18)13(10)17/h4-7,15,19H,3,8H2,1-2H3. The van der Waals surface area contributed by atoms with Crippen LogP contribution in [-0.4, -0.2) is 6.54 Å². The molecule has 2 rings (SSSR count). The van der Waals surface area contributed by atoms with Gasteiger partial charge in [0.1, 0.15) is 0 Å². The van der Waals surface area contributed by atoms with E-state index in [1.807, 2.05) is 26.0 Å². The summed E-state index contributed by atoms with van der Waals surface area (Å²) in [7, 11) is 0. The van der Waals surface area contributed by atoms with E-state index < -0.39 is 23.5 Å². The minimum atomic E-state index is -1.42. The Labute approximate surface area is 120 Å². The summed E-state index contributed by atoms with van der Waals surface area (Å²) in [5.41, 5.74) is 0.138. The van der Waals surface area contributed by atoms with Gasteiger partial charge in [-0.05, 0) is 38.1 Å². The largest absolute Gasteiger partial charge is 0.306 e. The second-order valence-corrected chi connectivity index (χ2v) is 5.92. The van der Waals surface area contributed by atoms with Crippen molar-refractivity contribution in [2.75, 3.05) is 6.54 Å². The highest BCUT2D eigenvalue weighted by Gasteiger charge is 2.22. The van der Waals surface area contributed by atoms with Crippen LogP contribution in [0.15, 0.2) is 24.3 Å². The normalized spacial score (nSPS) is 12.7. The van der Waals surface area contributed by atoms with Crippen molar-refractivity contribution >= 4 is 11.3 Å². The average molecular weight is 299 g/mol. The second-order valence-electron chi connectivity index (χ2n) is 4.60. The predicted molar refractivity (Wildman–Crippen MR) is 75.5 cm³/mol. The molecule has 0 spiro atoms. The van der Waals surface area contributed by atoms with Gasteiger partial charge in [0, 0.05) is 15.3 Å². The van der Waals surface area contributed by atoms with Crippen LogP contribution in [0.25, 0.3) is 0 Å². The van der Waals surface area contributed by atoms with Gasteiger partial charge in [-0.15, -0.1) is 11.3 Å². The smallest absolute Gasteiger partial charge is 0.194 e. The van der Waals surface area contributed by atoms with Crippen LogP contribution in [0.1, 0.15) is 34.7 Å². The molecule has 1 unspecified atom stereocenters. The first kappa shape index (κ1) is 15.1. The molecule has 0 radical (unpaired) electrons. The van der Waals surface area contributed by atoms with Gasteiger partial charge in [0.05, 0.1) is 6.04 Å². The quantitative estimate of drug-likeness (QED) is 0.798. The predicted octanol–water partition coefficient (Wildman–Crippen LogP) is 4.56. The molecule has 1 N–H and O–H groups in total. The Morgan fingerprint density at radius 3 is 2.45 bits per heavy atom. The van der Waals surface area contributed by atoms with E-state index in [0.29, 0.717) is 6.54 Å². The molecule has 5 heteroatoms. The highest BCUT2D eigenvalue weighted by atomic mass is 32.1. The molecule has 1 aromatic carbocycles. The molecule has 0 bridgehead atoms. The highest BCUT2D eigenvalue weighted by molar-refractivity contribution is 7.12. The first-order valence-electron chi connectivity index (χ1n) is 6.47. The topological polar surface area (TPSA) is 12.0 Å². The summed E-state index contributed by atoms with van der Waals surface area (Å²) in [4.78, 5) is 1.98. The van der Waals surface area contributed by atoms with Gasteiger partial charge in [-0.2, -0.15) is 0 Å². The maximum absolute atomic E-state index is 14.0. The summed E-state index contributed by atoms with van der Waals surface area (Å²) in [5, 5.41) is 3.18. The Morgan fingerprint density at radius 1 is 1.10 bits per heavy atom. The molecule has 0 aliphatic heterocycles. The van der Waals surface area contributed by atoms with Crippen molar-refractivity contribution in [2.45, 2.75) is 26.3 Å². The van der Waals surface area contributed by atoms with Gasteiger partial charge in [0.2, 0.25) is 0 Å². The Morgan fingerprint density at radius 2 is 1.85 bits per heavy atom. The van der Waals surface area contributed by atoms with Crippen LogP contribution in [0.3, 0.4) is 0 Å². The summed E-state index contributed by atoms with van der Waals surface area (Å²) in [6.45, 7) is 4.61. The second kappa shape index (κ2) is 6.41. The molecule has 0 amide bonds. The minimum absolute atomic E-state index is 0.138. The Hall–Kier alpha value is -1.33. The van der Waals surface area contributed by atoms with Crippen LogP contribution in [0.5, 0.6) is 0 Å². The molecule has 1 aromatic heterocycles. The monoisotopic (exact) mass is 299 g/mol. The molecule has 0 saturated carbocycles. The number of halogens is 3. The highest BCUT2D eigenvalue weighted by Crippen LogP contribution is 2.31. The summed E-state index contributed by atoms with van der Waals surface area (Å²) in [6, 6.07) is 5.63. The van der Waals surface area contributed by atoms with E-state index >= 15 is 0 Å². The lowest BCUT2D eigenvalue weighted by atomic mass is 10.0. The maximum atomic E-state index is 14.0. The fourth-order valence-electron chi connectivity index (χ4n) is 2.02. The van der Waals surface area contributed by atoms with Crippen molar-refractivity contribution in [3.05, 3.63) is 57.0 Å². The van der Waals surface area contributed by atoms with Gasteiger partial charge in [0.25, 0.3) is 0 Å². The van der Waals surface area contributed by atoms with E-state index in [2.05, 4.69) is 5.32 Å². The van der Waals surface area contributed by atoms with Crippen molar-refractivity contribution in [3.8, 4) is 0 Å². The van der Waals surface area contributed by atoms with Crippen molar-refractivity contribution in [1.29, 1.82) is 0 Å². The van der Waals surface area contributed by atoms with Crippen molar-refractivity contribution in [2.24, 2.45) is 0 Å². The number of hydrogen-bond acceptors (Lipinski definition) is 2. The first-order chi connectivity index (χ1) is 9.54. The molecular formula is C15H16F3NS. The van der Waals surface area contributed by atoms with Crippen molar-refractivity contribution < 1.29 is 13.2 Å². The molecule has 20 heavy (non-hydrogen) atoms. The lowest BCUT2D eigenvalue weighted by Gasteiger charge is -2.18. The van der Waals surface area contributed by atoms with Gasteiger partial charge in [-0.1, -0.05) is 13.0 Å². The van der Waals surface area contributed by atoms with Gasteiger partial charge in [-0.3, -0.25) is 0 Å². The Bertz CT molecular complexity index is 595. The molecule has 1 heterocycles. The molecule has 1 nitrogen and oxygen atoms in total. The van der Waals surface area contributed by atoms with Crippen LogP contribution < -0.4 is 5.32 Å². The lowest BCUT2D eigenvalue weighted by Crippen LogP contribution is -2.23. The van der Waals surface area contributed by atoms with Gasteiger partial charge >= 0.3 is 0 Å². The zero-order valence-corrected chi connectivity index (χ0v) is 12.2. The third-order valence-electron chi connectivity index (χ3n) is 3.02. The Balaban J connectivity index is 2.43. The molecule has 2 aromatic rings. The SMILES string of the molecule is CCCNC(c1ccc(C)s1)c1ccc(F)c(F)c1F. The maximum Gasteiger partial charge on any atom is 0.194 e. The number of aryl methyl sites for hydroxylation is 1. The van der Waals surface area contributed by atoms with Gasteiger partial charge in [0.15, 0.2) is 17.5 Å². The van der Waals surface area contributed by atoms with E-state index in [1.165, 1.54) is 17.4 Å². The van der Waals surface area contributed by atoms with Crippen molar-refractivity contribution in [3.63, 3.8) is 0 Å². The molecular weight excluding hydrogens is 283 g/mol. The fourth-order valence-corrected chi connectivity index (χ4v) is 3.00. The average Bonchev–Trinajstić information content (AvgIpc) is 2.85. The number of nitrogens with one attached hydrogen (secondary N) is 1. The number of rotatable bonds is 5. The van der Waals surface area contributed by atoms with E-state index in [1.54, 1.807) is 0 Å². The van der Waals surface area contributed by atoms with Crippen molar-refractivity contribution in [1.82, 2.24) is 5.32 Å². The minimum Gasteiger partial charge on any atom is -0.306 e. The van der Waals surface area contributed by atoms with Gasteiger partial charge < -0.3 is 5.32 Å². The third-order valence-corrected chi connectivity index (χ3v) is 4.09. The fraction of sp³-hybridized carbons (Fsp3) is 0.333. The molecule has 108 valence electrons. The van der Waals surface area contributed by atoms with Crippen LogP contribution in [0, 0.1) is 24.4 Å². The van der Waals surface area contributed by atoms with E-state index in [4.69, 9.17) is 0 Å². The van der Waals surface area contributed by atoms with Crippen LogP contribution >= 0.6 is 11.3 Å². The summed E-state index contributed by atoms with van der Waals surface area (Å²) < 4.78 is 40.5. The van der Waals surface area contributed by atoms with E-state index in [9.17, 15) is 13.2 Å². The number of thiophene rings is 1. The number of hydrogen-bond donors (Lipinski definition) is 1. The van der Waals surface area contributed by atoms with Crippen LogP contribution in [0.4, 0.5) is 13.2 Å². The zero-order chi connectivity index (χ0) is 14.7. The molecule has 1 atom stereocenters. The molecule has 0 saturated heterocycles. The van der Waals surface area contributed by atoms with E-state index in [-0.39, 0.29) is 5.56 Å². The van der Waals surface area contributed by atoms with Crippen LogP contribution in [-0.2, 0) is 0 Å². The summed E-state index contributed by atoms with van der Waals surface area (Å²) in [6.07, 6.45) is 0.867. The molecule has 0 fully saturated rings. The van der Waals surface area contributed by atoms with Gasteiger partial charge in [-0.25, -0.2) is 13.2 Å². The lowest BCUT2D eigenvalue weighted by molar-refractivity contribution is 0.433. The Kier molecular flexibility index (Phi) is 4.83. The first-order valence-corrected chi connectivity index (χ1v) is 7.29. The van der Waals surface area contributed by atoms with E-state index in [0.717, 1.165) is 22.2 Å². The third kappa shape index (κ3) is 3.04. The number of benzene rings is 1.